The highest BCUT2D eigenvalue weighted by Crippen LogP contribution is 2.38. The first-order chi connectivity index (χ1) is 9.11. The number of rotatable bonds is 3. The molecule has 1 aromatic heterocycles. The van der Waals surface area contributed by atoms with Gasteiger partial charge in [-0.15, -0.1) is 0 Å². The molecule has 19 heavy (non-hydrogen) atoms. The Morgan fingerprint density at radius 2 is 2.32 bits per heavy atom. The highest BCUT2D eigenvalue weighted by Gasteiger charge is 2.36. The summed E-state index contributed by atoms with van der Waals surface area (Å²) in [4.78, 5) is 16.1. The van der Waals surface area contributed by atoms with E-state index in [9.17, 15) is 9.90 Å². The molecule has 1 aliphatic carbocycles. The number of hydrogen-bond donors (Lipinski definition) is 1. The molecule has 2 rings (SSSR count). The van der Waals surface area contributed by atoms with E-state index >= 15 is 0 Å². The summed E-state index contributed by atoms with van der Waals surface area (Å²) in [5, 5.41) is 10.3. The number of aliphatic hydroxyl groups is 1. The molecule has 4 nitrogen and oxygen atoms in total. The Labute approximate surface area is 117 Å². The first-order valence-electron chi connectivity index (χ1n) is 6.58. The number of halogens is 1. The predicted octanol–water partition coefficient (Wildman–Crippen LogP) is 2.54. The standard InChI is InChI=1S/C14H18ClNO3/c1-2-19-14(18)11-5-4-10(17)7-12(11)9-3-6-13(15)16-8-9/h3,6,8,10-12,17H,2,4-5,7H2,1H3/t10-,11+,12+/m0/s1. The van der Waals surface area contributed by atoms with Crippen LogP contribution in [0.1, 0.15) is 37.7 Å². The molecule has 1 fully saturated rings. The van der Waals surface area contributed by atoms with Gasteiger partial charge in [-0.05, 0) is 37.8 Å². The third kappa shape index (κ3) is 3.45. The number of carbonyl (C=O) groups excluding carboxylic acids is 1. The van der Waals surface area contributed by atoms with Gasteiger partial charge in [0.2, 0.25) is 0 Å². The average molecular weight is 284 g/mol. The molecule has 1 N–H and O–H groups in total. The van der Waals surface area contributed by atoms with Crippen LogP contribution in [0.5, 0.6) is 0 Å². The Morgan fingerprint density at radius 3 is 2.95 bits per heavy atom. The van der Waals surface area contributed by atoms with Gasteiger partial charge in [-0.1, -0.05) is 17.7 Å². The van der Waals surface area contributed by atoms with Crippen LogP contribution in [-0.2, 0) is 9.53 Å². The van der Waals surface area contributed by atoms with E-state index in [-0.39, 0.29) is 23.9 Å². The van der Waals surface area contributed by atoms with E-state index in [4.69, 9.17) is 16.3 Å². The summed E-state index contributed by atoms with van der Waals surface area (Å²) in [7, 11) is 0. The van der Waals surface area contributed by atoms with Gasteiger partial charge in [0.25, 0.3) is 0 Å². The summed E-state index contributed by atoms with van der Waals surface area (Å²) in [5.74, 6) is -0.437. The van der Waals surface area contributed by atoms with Gasteiger partial charge in [0.15, 0.2) is 0 Å². The highest BCUT2D eigenvalue weighted by atomic mass is 35.5. The maximum Gasteiger partial charge on any atom is 0.309 e. The fourth-order valence-corrected chi connectivity index (χ4v) is 2.77. The number of pyridine rings is 1. The molecule has 0 aromatic carbocycles. The van der Waals surface area contributed by atoms with Crippen molar-refractivity contribution in [2.45, 2.75) is 38.2 Å². The van der Waals surface area contributed by atoms with Crippen LogP contribution >= 0.6 is 11.6 Å². The van der Waals surface area contributed by atoms with Crippen LogP contribution in [0.4, 0.5) is 0 Å². The minimum absolute atomic E-state index is 0.0485. The van der Waals surface area contributed by atoms with Crippen molar-refractivity contribution in [3.63, 3.8) is 0 Å². The van der Waals surface area contributed by atoms with E-state index in [1.54, 1.807) is 19.2 Å². The van der Waals surface area contributed by atoms with Crippen molar-refractivity contribution in [1.82, 2.24) is 4.98 Å². The van der Waals surface area contributed by atoms with Crippen molar-refractivity contribution < 1.29 is 14.6 Å². The molecule has 0 bridgehead atoms. The third-order valence-electron chi connectivity index (χ3n) is 3.59. The van der Waals surface area contributed by atoms with E-state index in [0.717, 1.165) is 5.56 Å². The van der Waals surface area contributed by atoms with E-state index < -0.39 is 0 Å². The van der Waals surface area contributed by atoms with Crippen LogP contribution in [-0.4, -0.2) is 28.8 Å². The molecule has 0 amide bonds. The summed E-state index contributed by atoms with van der Waals surface area (Å²) in [5.41, 5.74) is 0.932. The van der Waals surface area contributed by atoms with Crippen molar-refractivity contribution in [1.29, 1.82) is 0 Å². The Bertz CT molecular complexity index is 435. The first-order valence-corrected chi connectivity index (χ1v) is 6.95. The molecule has 0 radical (unpaired) electrons. The molecule has 1 saturated carbocycles. The molecule has 0 unspecified atom stereocenters. The smallest absolute Gasteiger partial charge is 0.309 e. The zero-order valence-corrected chi connectivity index (χ0v) is 11.6. The van der Waals surface area contributed by atoms with E-state index in [2.05, 4.69) is 4.98 Å². The summed E-state index contributed by atoms with van der Waals surface area (Å²) in [6, 6.07) is 3.57. The molecule has 0 aliphatic heterocycles. The van der Waals surface area contributed by atoms with Crippen LogP contribution in [0, 0.1) is 5.92 Å². The van der Waals surface area contributed by atoms with Crippen LogP contribution in [0.25, 0.3) is 0 Å². The van der Waals surface area contributed by atoms with Crippen molar-refractivity contribution in [2.24, 2.45) is 5.92 Å². The van der Waals surface area contributed by atoms with Crippen molar-refractivity contribution in [2.75, 3.05) is 6.61 Å². The lowest BCUT2D eigenvalue weighted by molar-refractivity contribution is -0.150. The lowest BCUT2D eigenvalue weighted by atomic mass is 9.75. The topological polar surface area (TPSA) is 59.4 Å². The van der Waals surface area contributed by atoms with Gasteiger partial charge in [0, 0.05) is 12.1 Å². The summed E-state index contributed by atoms with van der Waals surface area (Å²) >= 11 is 5.78. The maximum atomic E-state index is 12.0. The minimum Gasteiger partial charge on any atom is -0.466 e. The molecule has 1 heterocycles. The summed E-state index contributed by atoms with van der Waals surface area (Å²) < 4.78 is 5.13. The number of hydrogen-bond acceptors (Lipinski definition) is 4. The Hall–Kier alpha value is -1.13. The van der Waals surface area contributed by atoms with Crippen molar-refractivity contribution in [3.8, 4) is 0 Å². The zero-order valence-electron chi connectivity index (χ0n) is 10.9. The molecule has 1 aromatic rings. The zero-order chi connectivity index (χ0) is 13.8. The largest absolute Gasteiger partial charge is 0.466 e. The fraction of sp³-hybridized carbons (Fsp3) is 0.571. The lowest BCUT2D eigenvalue weighted by Crippen LogP contribution is -2.32. The molecule has 5 heteroatoms. The lowest BCUT2D eigenvalue weighted by Gasteiger charge is -2.32. The summed E-state index contributed by atoms with van der Waals surface area (Å²) in [6.45, 7) is 2.18. The van der Waals surface area contributed by atoms with Crippen molar-refractivity contribution in [3.05, 3.63) is 29.0 Å². The van der Waals surface area contributed by atoms with Crippen LogP contribution in [0.2, 0.25) is 5.15 Å². The van der Waals surface area contributed by atoms with Gasteiger partial charge in [0.1, 0.15) is 5.15 Å². The number of nitrogens with zero attached hydrogens (tertiary/aromatic N) is 1. The molecule has 3 atom stereocenters. The Morgan fingerprint density at radius 1 is 1.53 bits per heavy atom. The third-order valence-corrected chi connectivity index (χ3v) is 3.81. The molecule has 0 saturated heterocycles. The maximum absolute atomic E-state index is 12.0. The quantitative estimate of drug-likeness (QED) is 0.684. The monoisotopic (exact) mass is 283 g/mol. The van der Waals surface area contributed by atoms with E-state index in [1.165, 1.54) is 0 Å². The number of ether oxygens (including phenoxy) is 1. The predicted molar refractivity (Wildman–Crippen MR) is 72.0 cm³/mol. The SMILES string of the molecule is CCOC(=O)[C@@H]1CC[C@H](O)C[C@@H]1c1ccc(Cl)nc1. The number of aromatic nitrogens is 1. The molecular weight excluding hydrogens is 266 g/mol. The van der Waals surface area contributed by atoms with Crippen LogP contribution in [0.15, 0.2) is 18.3 Å². The number of carbonyl (C=O) groups is 1. The van der Waals surface area contributed by atoms with E-state index in [0.29, 0.717) is 31.0 Å². The van der Waals surface area contributed by atoms with Gasteiger partial charge in [0.05, 0.1) is 18.6 Å². The molecular formula is C14H18ClNO3. The average Bonchev–Trinajstić information content (AvgIpc) is 2.39. The second kappa shape index (κ2) is 6.35. The normalized spacial score (nSPS) is 27.0. The number of esters is 1. The fourth-order valence-electron chi connectivity index (χ4n) is 2.65. The van der Waals surface area contributed by atoms with Gasteiger partial charge in [-0.2, -0.15) is 0 Å². The first kappa shape index (κ1) is 14.3. The van der Waals surface area contributed by atoms with Gasteiger partial charge >= 0.3 is 5.97 Å². The van der Waals surface area contributed by atoms with Gasteiger partial charge < -0.3 is 9.84 Å². The Balaban J connectivity index is 2.21. The molecule has 1 aliphatic rings. The summed E-state index contributed by atoms with van der Waals surface area (Å²) in [6.07, 6.45) is 3.16. The number of aliphatic hydroxyl groups excluding tert-OH is 1. The minimum atomic E-state index is -0.369. The second-order valence-electron chi connectivity index (χ2n) is 4.85. The van der Waals surface area contributed by atoms with Crippen LogP contribution < -0.4 is 0 Å². The highest BCUT2D eigenvalue weighted by molar-refractivity contribution is 6.29. The van der Waals surface area contributed by atoms with Gasteiger partial charge in [-0.3, -0.25) is 4.79 Å². The Kier molecular flexibility index (Phi) is 4.77. The molecule has 0 spiro atoms. The van der Waals surface area contributed by atoms with Crippen LogP contribution in [0.3, 0.4) is 0 Å². The second-order valence-corrected chi connectivity index (χ2v) is 5.23. The van der Waals surface area contributed by atoms with Crippen molar-refractivity contribution >= 4 is 17.6 Å². The molecule has 104 valence electrons. The van der Waals surface area contributed by atoms with E-state index in [1.807, 2.05) is 6.07 Å². The van der Waals surface area contributed by atoms with Gasteiger partial charge in [-0.25, -0.2) is 4.98 Å².